The predicted molar refractivity (Wildman–Crippen MR) is 115 cm³/mol. The van der Waals surface area contributed by atoms with Gasteiger partial charge in [0.25, 0.3) is 0 Å². The van der Waals surface area contributed by atoms with Gasteiger partial charge in [-0.25, -0.2) is 0 Å². The lowest BCUT2D eigenvalue weighted by Gasteiger charge is -2.12. The number of methoxy groups -OCH3 is 1. The Bertz CT molecular complexity index is 953. The third-order valence-corrected chi connectivity index (χ3v) is 4.45. The van der Waals surface area contributed by atoms with Gasteiger partial charge in [-0.2, -0.15) is 0 Å². The quantitative estimate of drug-likeness (QED) is 0.413. The average Bonchev–Trinajstić information content (AvgIpc) is 2.77. The normalized spacial score (nSPS) is 10.3. The molecule has 0 heterocycles. The zero-order valence-corrected chi connectivity index (χ0v) is 17.3. The molecular formula is C25H26O5. The molecule has 0 atom stereocenters. The Morgan fingerprint density at radius 3 is 2.43 bits per heavy atom. The Kier molecular flexibility index (Phi) is 7.72. The second kappa shape index (κ2) is 10.9. The lowest BCUT2D eigenvalue weighted by molar-refractivity contribution is -0.143. The molecule has 0 aliphatic heterocycles. The summed E-state index contributed by atoms with van der Waals surface area (Å²) in [4.78, 5) is 11.6. The van der Waals surface area contributed by atoms with Crippen LogP contribution < -0.4 is 14.2 Å². The molecule has 0 aliphatic rings. The van der Waals surface area contributed by atoms with E-state index in [4.69, 9.17) is 18.9 Å². The summed E-state index contributed by atoms with van der Waals surface area (Å²) in [5, 5.41) is 0. The van der Waals surface area contributed by atoms with Gasteiger partial charge in [-0.15, -0.1) is 0 Å². The molecule has 0 N–H and O–H groups in total. The highest BCUT2D eigenvalue weighted by atomic mass is 16.5. The second-order valence-electron chi connectivity index (χ2n) is 6.63. The number of aryl methyl sites for hydroxylation is 1. The van der Waals surface area contributed by atoms with Crippen LogP contribution in [0.15, 0.2) is 72.8 Å². The summed E-state index contributed by atoms with van der Waals surface area (Å²) in [7, 11) is 1.61. The molecule has 0 bridgehead atoms. The fraction of sp³-hybridized carbons (Fsp3) is 0.240. The number of rotatable bonds is 10. The summed E-state index contributed by atoms with van der Waals surface area (Å²) in [6.07, 6.45) is 0.875. The first-order valence-corrected chi connectivity index (χ1v) is 9.95. The Hall–Kier alpha value is -3.47. The molecule has 3 aromatic carbocycles. The third-order valence-electron chi connectivity index (χ3n) is 4.45. The van der Waals surface area contributed by atoms with Gasteiger partial charge < -0.3 is 18.9 Å². The molecule has 30 heavy (non-hydrogen) atoms. The minimum absolute atomic E-state index is 0.211. The Morgan fingerprint density at radius 2 is 1.67 bits per heavy atom. The number of hydrogen-bond donors (Lipinski definition) is 0. The van der Waals surface area contributed by atoms with Crippen molar-refractivity contribution in [2.75, 3.05) is 13.7 Å². The Labute approximate surface area is 177 Å². The molecule has 0 spiro atoms. The van der Waals surface area contributed by atoms with E-state index < -0.39 is 0 Å². The van der Waals surface area contributed by atoms with E-state index in [0.717, 1.165) is 22.6 Å². The summed E-state index contributed by atoms with van der Waals surface area (Å²) in [6.45, 7) is 2.59. The van der Waals surface area contributed by atoms with Crippen molar-refractivity contribution >= 4 is 5.97 Å². The highest BCUT2D eigenvalue weighted by Gasteiger charge is 2.09. The monoisotopic (exact) mass is 406 g/mol. The van der Waals surface area contributed by atoms with Gasteiger partial charge in [-0.3, -0.25) is 4.79 Å². The number of carbonyl (C=O) groups excluding carboxylic acids is 1. The molecule has 0 saturated carbocycles. The van der Waals surface area contributed by atoms with Gasteiger partial charge in [0.15, 0.2) is 0 Å². The fourth-order valence-corrected chi connectivity index (χ4v) is 2.98. The van der Waals surface area contributed by atoms with Gasteiger partial charge >= 0.3 is 5.97 Å². The molecule has 0 amide bonds. The molecule has 3 aromatic rings. The van der Waals surface area contributed by atoms with Crippen molar-refractivity contribution in [2.24, 2.45) is 0 Å². The number of hydrogen-bond acceptors (Lipinski definition) is 5. The maximum Gasteiger partial charge on any atom is 0.306 e. The molecule has 5 heteroatoms. The lowest BCUT2D eigenvalue weighted by Crippen LogP contribution is -2.06. The van der Waals surface area contributed by atoms with Crippen LogP contribution >= 0.6 is 0 Å². The molecular weight excluding hydrogens is 380 g/mol. The molecule has 0 fully saturated rings. The van der Waals surface area contributed by atoms with E-state index in [1.54, 1.807) is 14.0 Å². The first kappa shape index (κ1) is 21.2. The van der Waals surface area contributed by atoms with E-state index in [0.29, 0.717) is 37.6 Å². The Morgan fingerprint density at radius 1 is 0.867 bits per heavy atom. The van der Waals surface area contributed by atoms with Crippen molar-refractivity contribution in [2.45, 2.75) is 26.4 Å². The fourth-order valence-electron chi connectivity index (χ4n) is 2.98. The van der Waals surface area contributed by atoms with Crippen molar-refractivity contribution in [3.63, 3.8) is 0 Å². The number of ether oxygens (including phenoxy) is 4. The topological polar surface area (TPSA) is 54.0 Å². The molecule has 0 unspecified atom stereocenters. The third kappa shape index (κ3) is 6.27. The van der Waals surface area contributed by atoms with Gasteiger partial charge in [-0.05, 0) is 54.8 Å². The van der Waals surface area contributed by atoms with Crippen LogP contribution in [0.1, 0.15) is 24.5 Å². The number of benzene rings is 3. The first-order valence-electron chi connectivity index (χ1n) is 9.95. The van der Waals surface area contributed by atoms with Crippen LogP contribution in [0, 0.1) is 0 Å². The Balaban J connectivity index is 1.60. The predicted octanol–water partition coefficient (Wildman–Crippen LogP) is 5.56. The van der Waals surface area contributed by atoms with E-state index >= 15 is 0 Å². The van der Waals surface area contributed by atoms with Crippen molar-refractivity contribution in [1.82, 2.24) is 0 Å². The summed E-state index contributed by atoms with van der Waals surface area (Å²) >= 11 is 0. The number of carbonyl (C=O) groups is 1. The number of para-hydroxylation sites is 1. The molecule has 0 radical (unpaired) electrons. The summed E-state index contributed by atoms with van der Waals surface area (Å²) in [6, 6.07) is 23.1. The van der Waals surface area contributed by atoms with Gasteiger partial charge in [0.05, 0.1) is 13.7 Å². The van der Waals surface area contributed by atoms with Crippen LogP contribution in [0.4, 0.5) is 0 Å². The average molecular weight is 406 g/mol. The summed E-state index contributed by atoms with van der Waals surface area (Å²) in [5.74, 6) is 2.73. The maximum absolute atomic E-state index is 11.6. The van der Waals surface area contributed by atoms with Crippen LogP contribution in [0.2, 0.25) is 0 Å². The van der Waals surface area contributed by atoms with Crippen LogP contribution in [-0.4, -0.2) is 19.7 Å². The molecule has 0 saturated heterocycles. The van der Waals surface area contributed by atoms with Crippen molar-refractivity contribution < 1.29 is 23.7 Å². The molecule has 5 nitrogen and oxygen atoms in total. The minimum atomic E-state index is -0.211. The molecule has 156 valence electrons. The largest absolute Gasteiger partial charge is 0.496 e. The zero-order valence-electron chi connectivity index (χ0n) is 17.3. The highest BCUT2D eigenvalue weighted by Crippen LogP contribution is 2.27. The SMILES string of the molecule is CCOC(=O)CCc1ccc(OCc2cccc(Oc3ccccc3)c2)cc1OC. The standard InChI is InChI=1S/C25H26O5/c1-3-28-25(26)15-13-20-12-14-22(17-24(20)27-2)29-18-19-8-7-11-23(16-19)30-21-9-5-4-6-10-21/h4-12,14,16-17H,3,13,15,18H2,1-2H3. The van der Waals surface area contributed by atoms with Gasteiger partial charge in [0.1, 0.15) is 29.6 Å². The summed E-state index contributed by atoms with van der Waals surface area (Å²) < 4.78 is 22.2. The smallest absolute Gasteiger partial charge is 0.306 e. The first-order chi connectivity index (χ1) is 14.7. The van der Waals surface area contributed by atoms with E-state index in [1.165, 1.54) is 0 Å². The van der Waals surface area contributed by atoms with Gasteiger partial charge in [-0.1, -0.05) is 36.4 Å². The van der Waals surface area contributed by atoms with Crippen molar-refractivity contribution in [3.8, 4) is 23.0 Å². The van der Waals surface area contributed by atoms with Gasteiger partial charge in [0, 0.05) is 12.5 Å². The van der Waals surface area contributed by atoms with E-state index in [2.05, 4.69) is 0 Å². The second-order valence-corrected chi connectivity index (χ2v) is 6.63. The minimum Gasteiger partial charge on any atom is -0.496 e. The molecule has 3 rings (SSSR count). The van der Waals surface area contributed by atoms with Crippen LogP contribution in [-0.2, 0) is 22.6 Å². The van der Waals surface area contributed by atoms with Crippen LogP contribution in [0.25, 0.3) is 0 Å². The van der Waals surface area contributed by atoms with E-state index in [9.17, 15) is 4.79 Å². The van der Waals surface area contributed by atoms with Gasteiger partial charge in [0.2, 0.25) is 0 Å². The zero-order chi connectivity index (χ0) is 21.2. The van der Waals surface area contributed by atoms with E-state index in [-0.39, 0.29) is 5.97 Å². The summed E-state index contributed by atoms with van der Waals surface area (Å²) in [5.41, 5.74) is 1.94. The van der Waals surface area contributed by atoms with Crippen LogP contribution in [0.5, 0.6) is 23.0 Å². The van der Waals surface area contributed by atoms with Crippen LogP contribution in [0.3, 0.4) is 0 Å². The number of esters is 1. The molecule has 0 aliphatic carbocycles. The van der Waals surface area contributed by atoms with Crippen molar-refractivity contribution in [1.29, 1.82) is 0 Å². The molecule has 0 aromatic heterocycles. The maximum atomic E-state index is 11.6. The van der Waals surface area contributed by atoms with Crippen molar-refractivity contribution in [3.05, 3.63) is 83.9 Å². The lowest BCUT2D eigenvalue weighted by atomic mass is 10.1. The highest BCUT2D eigenvalue weighted by molar-refractivity contribution is 5.69. The van der Waals surface area contributed by atoms with E-state index in [1.807, 2.05) is 72.8 Å².